The zero-order valence-corrected chi connectivity index (χ0v) is 17.4. The first-order valence-electron chi connectivity index (χ1n) is 9.09. The summed E-state index contributed by atoms with van der Waals surface area (Å²) in [6.45, 7) is 6.13. The molecule has 1 amide bonds. The van der Waals surface area contributed by atoms with Crippen LogP contribution in [0.5, 0.6) is 5.75 Å². The van der Waals surface area contributed by atoms with Gasteiger partial charge in [-0.05, 0) is 29.0 Å². The second kappa shape index (κ2) is 7.71. The minimum absolute atomic E-state index is 0.0665. The van der Waals surface area contributed by atoms with Crippen molar-refractivity contribution < 1.29 is 9.90 Å². The summed E-state index contributed by atoms with van der Waals surface area (Å²) in [5.74, 6) is -0.753. The van der Waals surface area contributed by atoms with Crippen molar-refractivity contribution in [3.8, 4) is 5.75 Å². The van der Waals surface area contributed by atoms with Gasteiger partial charge in [-0.3, -0.25) is 14.4 Å². The fourth-order valence-electron chi connectivity index (χ4n) is 3.06. The van der Waals surface area contributed by atoms with Gasteiger partial charge in [-0.25, -0.2) is 0 Å². The number of thiophene rings is 1. The van der Waals surface area contributed by atoms with Crippen LogP contribution in [0.15, 0.2) is 45.3 Å². The monoisotopic (exact) mass is 413 g/mol. The zero-order valence-electron chi connectivity index (χ0n) is 16.6. The average molecular weight is 413 g/mol. The molecule has 1 unspecified atom stereocenters. The largest absolute Gasteiger partial charge is 0.505 e. The first-order chi connectivity index (χ1) is 13.6. The van der Waals surface area contributed by atoms with Crippen LogP contribution in [0.2, 0.25) is 0 Å². The van der Waals surface area contributed by atoms with Gasteiger partial charge < -0.3 is 21.1 Å². The minimum Gasteiger partial charge on any atom is -0.505 e. The molecule has 0 saturated heterocycles. The standard InChI is InChI=1S/C21H23N3O4S/c1-21(2,3)19(13-9-6-10-29-13)24-15-14(17(26)18(15)27)23-12-8-5-7-11(16(12)25)20(28)22-4/h5-10,19,23-25H,1-4H3,(H,22,28). The molecule has 0 radical (unpaired) electrons. The van der Waals surface area contributed by atoms with E-state index in [1.807, 2.05) is 38.3 Å². The van der Waals surface area contributed by atoms with E-state index in [1.54, 1.807) is 17.4 Å². The normalized spacial score (nSPS) is 12.6. The summed E-state index contributed by atoms with van der Waals surface area (Å²) in [7, 11) is 1.46. The lowest BCUT2D eigenvalue weighted by molar-refractivity contribution is 0.0960. The van der Waals surface area contributed by atoms with E-state index in [9.17, 15) is 19.5 Å². The van der Waals surface area contributed by atoms with Crippen LogP contribution in [-0.2, 0) is 0 Å². The van der Waals surface area contributed by atoms with E-state index in [0.29, 0.717) is 0 Å². The Labute approximate surface area is 172 Å². The highest BCUT2D eigenvalue weighted by Gasteiger charge is 2.31. The van der Waals surface area contributed by atoms with Gasteiger partial charge in [-0.1, -0.05) is 32.9 Å². The molecule has 0 aliphatic rings. The van der Waals surface area contributed by atoms with E-state index in [2.05, 4.69) is 16.0 Å². The topological polar surface area (TPSA) is 108 Å². The molecule has 0 fully saturated rings. The Hall–Kier alpha value is -3.13. The van der Waals surface area contributed by atoms with Crippen LogP contribution >= 0.6 is 11.3 Å². The first-order valence-corrected chi connectivity index (χ1v) is 9.97. The third-order valence-corrected chi connectivity index (χ3v) is 5.60. The molecule has 7 nitrogen and oxygen atoms in total. The molecule has 1 heterocycles. The van der Waals surface area contributed by atoms with Crippen molar-refractivity contribution in [1.29, 1.82) is 0 Å². The van der Waals surface area contributed by atoms with Gasteiger partial charge in [0.15, 0.2) is 5.75 Å². The quantitative estimate of drug-likeness (QED) is 0.365. The van der Waals surface area contributed by atoms with Gasteiger partial charge in [-0.2, -0.15) is 0 Å². The Morgan fingerprint density at radius 1 is 1.07 bits per heavy atom. The second-order valence-corrected chi connectivity index (χ2v) is 8.75. The molecule has 152 valence electrons. The van der Waals surface area contributed by atoms with Gasteiger partial charge in [0, 0.05) is 11.9 Å². The predicted molar refractivity (Wildman–Crippen MR) is 116 cm³/mol. The Morgan fingerprint density at radius 3 is 2.34 bits per heavy atom. The lowest BCUT2D eigenvalue weighted by Gasteiger charge is -2.32. The van der Waals surface area contributed by atoms with Crippen molar-refractivity contribution in [2.24, 2.45) is 5.41 Å². The molecule has 3 aromatic rings. The third kappa shape index (κ3) is 3.88. The zero-order chi connectivity index (χ0) is 21.3. The Bertz CT molecular complexity index is 1110. The highest BCUT2D eigenvalue weighted by Crippen LogP contribution is 2.39. The number of aromatic hydroxyl groups is 1. The summed E-state index contributed by atoms with van der Waals surface area (Å²) in [5.41, 5.74) is -1.01. The minimum atomic E-state index is -0.670. The maximum absolute atomic E-state index is 12.3. The van der Waals surface area contributed by atoms with Crippen molar-refractivity contribution in [3.05, 3.63) is 66.6 Å². The van der Waals surface area contributed by atoms with Crippen molar-refractivity contribution in [2.75, 3.05) is 17.7 Å². The summed E-state index contributed by atoms with van der Waals surface area (Å²) in [6, 6.07) is 8.30. The van der Waals surface area contributed by atoms with E-state index >= 15 is 0 Å². The number of rotatable bonds is 6. The molecular formula is C21H23N3O4S. The number of benzene rings is 1. The molecule has 1 atom stereocenters. The maximum Gasteiger partial charge on any atom is 0.254 e. The number of carbonyl (C=O) groups excluding carboxylic acids is 1. The summed E-state index contributed by atoms with van der Waals surface area (Å²) < 4.78 is 0. The molecule has 2 aromatic carbocycles. The van der Waals surface area contributed by atoms with Crippen molar-refractivity contribution >= 4 is 34.3 Å². The van der Waals surface area contributed by atoms with Crippen LogP contribution in [0.3, 0.4) is 0 Å². The summed E-state index contributed by atoms with van der Waals surface area (Å²) in [4.78, 5) is 37.4. The maximum atomic E-state index is 12.3. The molecule has 0 aliphatic heterocycles. The van der Waals surface area contributed by atoms with Gasteiger partial charge in [0.2, 0.25) is 0 Å². The van der Waals surface area contributed by atoms with Crippen LogP contribution in [0, 0.1) is 5.41 Å². The van der Waals surface area contributed by atoms with Crippen LogP contribution in [0.1, 0.15) is 42.0 Å². The average Bonchev–Trinajstić information content (AvgIpc) is 3.20. The number of anilines is 3. The number of hydrogen-bond donors (Lipinski definition) is 4. The number of para-hydroxylation sites is 1. The van der Waals surface area contributed by atoms with Crippen LogP contribution in [0.25, 0.3) is 0 Å². The Morgan fingerprint density at radius 2 is 1.76 bits per heavy atom. The van der Waals surface area contributed by atoms with Crippen LogP contribution < -0.4 is 26.8 Å². The van der Waals surface area contributed by atoms with Crippen LogP contribution in [0.4, 0.5) is 17.1 Å². The number of hydrogen-bond acceptors (Lipinski definition) is 7. The molecule has 4 N–H and O–H groups in total. The molecule has 1 aromatic heterocycles. The number of phenolic OH excluding ortho intramolecular Hbond substituents is 1. The van der Waals surface area contributed by atoms with Crippen molar-refractivity contribution in [1.82, 2.24) is 5.32 Å². The summed E-state index contributed by atoms with van der Waals surface area (Å²) in [5, 5.41) is 20.8. The molecule has 0 spiro atoms. The molecule has 8 heteroatoms. The fourth-order valence-corrected chi connectivity index (χ4v) is 4.08. The van der Waals surface area contributed by atoms with E-state index < -0.39 is 16.8 Å². The van der Waals surface area contributed by atoms with Gasteiger partial charge in [0.05, 0.1) is 17.3 Å². The van der Waals surface area contributed by atoms with E-state index in [4.69, 9.17) is 0 Å². The molecule has 3 rings (SSSR count). The lowest BCUT2D eigenvalue weighted by Crippen LogP contribution is -2.39. The van der Waals surface area contributed by atoms with Crippen molar-refractivity contribution in [3.63, 3.8) is 0 Å². The second-order valence-electron chi connectivity index (χ2n) is 7.77. The van der Waals surface area contributed by atoms with E-state index in [0.717, 1.165) is 4.88 Å². The number of phenols is 1. The number of nitrogens with one attached hydrogen (secondary N) is 3. The van der Waals surface area contributed by atoms with Crippen LogP contribution in [-0.4, -0.2) is 18.1 Å². The SMILES string of the molecule is CNC(=O)c1cccc(Nc2c(NC(c3cccs3)C(C)(C)C)c(=O)c2=O)c1O. The molecular weight excluding hydrogens is 390 g/mol. The van der Waals surface area contributed by atoms with Gasteiger partial charge in [0.1, 0.15) is 11.4 Å². The molecule has 0 saturated carbocycles. The molecule has 0 bridgehead atoms. The first kappa shape index (κ1) is 20.6. The summed E-state index contributed by atoms with van der Waals surface area (Å²) in [6.07, 6.45) is 0. The molecule has 29 heavy (non-hydrogen) atoms. The predicted octanol–water partition coefficient (Wildman–Crippen LogP) is 3.35. The number of carbonyl (C=O) groups is 1. The highest BCUT2D eigenvalue weighted by molar-refractivity contribution is 7.10. The Balaban J connectivity index is 1.95. The number of amides is 1. The third-order valence-electron chi connectivity index (χ3n) is 4.66. The highest BCUT2D eigenvalue weighted by atomic mass is 32.1. The fraction of sp³-hybridized carbons (Fsp3) is 0.286. The smallest absolute Gasteiger partial charge is 0.254 e. The lowest BCUT2D eigenvalue weighted by atomic mass is 9.85. The van der Waals surface area contributed by atoms with E-state index in [-0.39, 0.29) is 39.8 Å². The van der Waals surface area contributed by atoms with Gasteiger partial charge in [0.25, 0.3) is 16.8 Å². The van der Waals surface area contributed by atoms with Gasteiger partial charge in [-0.15, -0.1) is 11.3 Å². The summed E-state index contributed by atoms with van der Waals surface area (Å²) >= 11 is 1.57. The Kier molecular flexibility index (Phi) is 5.48. The van der Waals surface area contributed by atoms with Gasteiger partial charge >= 0.3 is 0 Å². The van der Waals surface area contributed by atoms with E-state index in [1.165, 1.54) is 19.2 Å². The molecule has 0 aliphatic carbocycles. The van der Waals surface area contributed by atoms with Crippen molar-refractivity contribution in [2.45, 2.75) is 26.8 Å².